The number of aryl methyl sites for hydroxylation is 1. The summed E-state index contributed by atoms with van der Waals surface area (Å²) in [6, 6.07) is 4.52. The number of halogens is 1. The molecule has 1 saturated heterocycles. The van der Waals surface area contributed by atoms with Gasteiger partial charge in [0.05, 0.1) is 12.0 Å². The van der Waals surface area contributed by atoms with E-state index in [1.165, 1.54) is 12.1 Å². The number of hydrogen-bond donors (Lipinski definition) is 2. The zero-order chi connectivity index (χ0) is 15.0. The number of aromatic nitrogens is 1. The number of aromatic amines is 1. The zero-order valence-corrected chi connectivity index (χ0v) is 12.0. The number of aliphatic hydroxyl groups is 1. The van der Waals surface area contributed by atoms with Gasteiger partial charge in [-0.05, 0) is 49.4 Å². The number of H-pyrrole nitrogens is 1. The molecule has 0 bridgehead atoms. The SMILES string of the molecule is Cc1[nH]c(=O)c2cc(F)ccc2c1CN1CCCC1CO. The van der Waals surface area contributed by atoms with Gasteiger partial charge in [-0.2, -0.15) is 0 Å². The molecule has 3 rings (SSSR count). The van der Waals surface area contributed by atoms with E-state index in [0.717, 1.165) is 36.0 Å². The first-order chi connectivity index (χ1) is 10.1. The van der Waals surface area contributed by atoms with Crippen LogP contribution in [0.3, 0.4) is 0 Å². The fourth-order valence-electron chi connectivity index (χ4n) is 3.20. The second-order valence-electron chi connectivity index (χ2n) is 5.70. The quantitative estimate of drug-likeness (QED) is 0.908. The Bertz CT molecular complexity index is 726. The molecule has 0 spiro atoms. The standard InChI is InChI=1S/C16H19FN2O2/c1-10-15(8-19-6-2-3-12(19)9-20)13-5-4-11(17)7-14(13)16(21)18-10/h4-5,7,12,20H,2-3,6,8-9H2,1H3,(H,18,21). The van der Waals surface area contributed by atoms with E-state index in [0.29, 0.717) is 11.9 Å². The van der Waals surface area contributed by atoms with Gasteiger partial charge in [0.25, 0.3) is 5.56 Å². The number of hydrogen-bond acceptors (Lipinski definition) is 3. The van der Waals surface area contributed by atoms with Crippen LogP contribution in [0.5, 0.6) is 0 Å². The molecule has 1 aliphatic heterocycles. The summed E-state index contributed by atoms with van der Waals surface area (Å²) in [6.45, 7) is 3.61. The van der Waals surface area contributed by atoms with Crippen LogP contribution in [0.2, 0.25) is 0 Å². The van der Waals surface area contributed by atoms with Gasteiger partial charge in [-0.1, -0.05) is 6.07 Å². The van der Waals surface area contributed by atoms with Gasteiger partial charge in [-0.25, -0.2) is 4.39 Å². The summed E-state index contributed by atoms with van der Waals surface area (Å²) in [4.78, 5) is 17.0. The number of rotatable bonds is 3. The van der Waals surface area contributed by atoms with E-state index < -0.39 is 5.82 Å². The monoisotopic (exact) mass is 290 g/mol. The molecular weight excluding hydrogens is 271 g/mol. The van der Waals surface area contributed by atoms with Crippen LogP contribution in [-0.2, 0) is 6.54 Å². The molecule has 1 unspecified atom stereocenters. The fourth-order valence-corrected chi connectivity index (χ4v) is 3.20. The maximum absolute atomic E-state index is 13.4. The molecule has 112 valence electrons. The Balaban J connectivity index is 2.07. The number of fused-ring (bicyclic) bond motifs is 1. The lowest BCUT2D eigenvalue weighted by molar-refractivity contribution is 0.153. The summed E-state index contributed by atoms with van der Waals surface area (Å²) in [5.41, 5.74) is 1.55. The summed E-state index contributed by atoms with van der Waals surface area (Å²) in [6.07, 6.45) is 2.06. The molecule has 1 aromatic heterocycles. The van der Waals surface area contributed by atoms with Crippen molar-refractivity contribution in [2.75, 3.05) is 13.2 Å². The molecule has 1 atom stereocenters. The third kappa shape index (κ3) is 2.59. The van der Waals surface area contributed by atoms with Crippen molar-refractivity contribution < 1.29 is 9.50 Å². The summed E-state index contributed by atoms with van der Waals surface area (Å²) in [5, 5.41) is 10.6. The van der Waals surface area contributed by atoms with Crippen molar-refractivity contribution in [1.82, 2.24) is 9.88 Å². The second kappa shape index (κ2) is 5.58. The Morgan fingerprint density at radius 1 is 1.43 bits per heavy atom. The smallest absolute Gasteiger partial charge is 0.256 e. The molecule has 0 saturated carbocycles. The topological polar surface area (TPSA) is 56.3 Å². The van der Waals surface area contributed by atoms with Crippen LogP contribution < -0.4 is 5.56 Å². The van der Waals surface area contributed by atoms with Gasteiger partial charge in [0, 0.05) is 18.3 Å². The molecule has 21 heavy (non-hydrogen) atoms. The highest BCUT2D eigenvalue weighted by molar-refractivity contribution is 5.85. The normalized spacial score (nSPS) is 19.5. The van der Waals surface area contributed by atoms with E-state index in [1.54, 1.807) is 6.07 Å². The summed E-state index contributed by atoms with van der Waals surface area (Å²) >= 11 is 0. The van der Waals surface area contributed by atoms with E-state index in [2.05, 4.69) is 9.88 Å². The van der Waals surface area contributed by atoms with Crippen molar-refractivity contribution in [1.29, 1.82) is 0 Å². The molecule has 0 radical (unpaired) electrons. The van der Waals surface area contributed by atoms with Gasteiger partial charge in [0.1, 0.15) is 5.82 Å². The van der Waals surface area contributed by atoms with Crippen LogP contribution in [0.25, 0.3) is 10.8 Å². The molecule has 0 amide bonds. The van der Waals surface area contributed by atoms with E-state index in [1.807, 2.05) is 6.92 Å². The fraction of sp³-hybridized carbons (Fsp3) is 0.438. The number of pyridine rings is 1. The molecular formula is C16H19FN2O2. The van der Waals surface area contributed by atoms with Gasteiger partial charge in [-0.3, -0.25) is 9.69 Å². The molecule has 2 aromatic rings. The summed E-state index contributed by atoms with van der Waals surface area (Å²) in [7, 11) is 0. The average molecular weight is 290 g/mol. The highest BCUT2D eigenvalue weighted by Gasteiger charge is 2.25. The van der Waals surface area contributed by atoms with Crippen LogP contribution in [0.4, 0.5) is 4.39 Å². The van der Waals surface area contributed by atoms with Crippen LogP contribution in [0.1, 0.15) is 24.1 Å². The Morgan fingerprint density at radius 2 is 2.24 bits per heavy atom. The third-order valence-electron chi connectivity index (χ3n) is 4.38. The second-order valence-corrected chi connectivity index (χ2v) is 5.70. The Kier molecular flexibility index (Phi) is 3.78. The minimum atomic E-state index is -0.405. The predicted molar refractivity (Wildman–Crippen MR) is 79.8 cm³/mol. The highest BCUT2D eigenvalue weighted by atomic mass is 19.1. The number of nitrogens with one attached hydrogen (secondary N) is 1. The molecule has 2 heterocycles. The average Bonchev–Trinajstić information content (AvgIpc) is 2.91. The molecule has 5 heteroatoms. The minimum absolute atomic E-state index is 0.148. The number of benzene rings is 1. The minimum Gasteiger partial charge on any atom is -0.395 e. The summed E-state index contributed by atoms with van der Waals surface area (Å²) < 4.78 is 13.4. The molecule has 1 aromatic carbocycles. The predicted octanol–water partition coefficient (Wildman–Crippen LogP) is 1.93. The van der Waals surface area contributed by atoms with E-state index >= 15 is 0 Å². The van der Waals surface area contributed by atoms with E-state index in [-0.39, 0.29) is 18.2 Å². The lowest BCUT2D eigenvalue weighted by atomic mass is 10.0. The van der Waals surface area contributed by atoms with Crippen LogP contribution in [0, 0.1) is 12.7 Å². The van der Waals surface area contributed by atoms with Crippen molar-refractivity contribution in [2.24, 2.45) is 0 Å². The van der Waals surface area contributed by atoms with Crippen molar-refractivity contribution in [3.63, 3.8) is 0 Å². The lowest BCUT2D eigenvalue weighted by Crippen LogP contribution is -2.32. The largest absolute Gasteiger partial charge is 0.395 e. The summed E-state index contributed by atoms with van der Waals surface area (Å²) in [5.74, 6) is -0.405. The van der Waals surface area contributed by atoms with Crippen molar-refractivity contribution >= 4 is 10.8 Å². The van der Waals surface area contributed by atoms with Crippen molar-refractivity contribution in [3.05, 3.63) is 45.6 Å². The van der Waals surface area contributed by atoms with Crippen LogP contribution in [0.15, 0.2) is 23.0 Å². The molecule has 2 N–H and O–H groups in total. The first kappa shape index (κ1) is 14.2. The van der Waals surface area contributed by atoms with Gasteiger partial charge < -0.3 is 10.1 Å². The maximum Gasteiger partial charge on any atom is 0.256 e. The van der Waals surface area contributed by atoms with Crippen LogP contribution >= 0.6 is 0 Å². The van der Waals surface area contributed by atoms with Crippen molar-refractivity contribution in [3.8, 4) is 0 Å². The Labute approximate surface area is 122 Å². The van der Waals surface area contributed by atoms with E-state index in [9.17, 15) is 14.3 Å². The molecule has 4 nitrogen and oxygen atoms in total. The molecule has 1 aliphatic rings. The van der Waals surface area contributed by atoms with Gasteiger partial charge >= 0.3 is 0 Å². The van der Waals surface area contributed by atoms with Crippen LogP contribution in [-0.4, -0.2) is 34.2 Å². The number of nitrogens with zero attached hydrogens (tertiary/aromatic N) is 1. The van der Waals surface area contributed by atoms with Gasteiger partial charge in [0.15, 0.2) is 0 Å². The third-order valence-corrected chi connectivity index (χ3v) is 4.38. The number of aliphatic hydroxyl groups excluding tert-OH is 1. The molecule has 1 fully saturated rings. The number of likely N-dealkylation sites (tertiary alicyclic amines) is 1. The highest BCUT2D eigenvalue weighted by Crippen LogP contribution is 2.25. The first-order valence-electron chi connectivity index (χ1n) is 7.26. The molecule has 0 aliphatic carbocycles. The first-order valence-corrected chi connectivity index (χ1v) is 7.26. The lowest BCUT2D eigenvalue weighted by Gasteiger charge is -2.24. The zero-order valence-electron chi connectivity index (χ0n) is 12.0. The van der Waals surface area contributed by atoms with Gasteiger partial charge in [0.2, 0.25) is 0 Å². The van der Waals surface area contributed by atoms with E-state index in [4.69, 9.17) is 0 Å². The van der Waals surface area contributed by atoms with Crippen molar-refractivity contribution in [2.45, 2.75) is 32.4 Å². The maximum atomic E-state index is 13.4. The Morgan fingerprint density at radius 3 is 3.00 bits per heavy atom. The van der Waals surface area contributed by atoms with Gasteiger partial charge in [-0.15, -0.1) is 0 Å². The Hall–Kier alpha value is -1.72.